The number of anilines is 2. The standard InChI is InChI=1S/C23H23N3O/c1-16-9-5-7-11-19(16)25-22(27)17(15-24)13-14-21-23(2,3)18-10-6-8-12-20(18)26(21)4/h5-14H,1-4H3,(H,25,27)/b17-13+,21-14-. The summed E-state index contributed by atoms with van der Waals surface area (Å²) < 4.78 is 0. The predicted octanol–water partition coefficient (Wildman–Crippen LogP) is 4.70. The van der Waals surface area contributed by atoms with Crippen molar-refractivity contribution in [3.05, 3.63) is 83.1 Å². The van der Waals surface area contributed by atoms with Crippen LogP contribution >= 0.6 is 0 Å². The first-order valence-electron chi connectivity index (χ1n) is 8.89. The third-order valence-electron chi connectivity index (χ3n) is 5.11. The molecule has 0 radical (unpaired) electrons. The third-order valence-corrected chi connectivity index (χ3v) is 5.11. The molecule has 2 aromatic carbocycles. The van der Waals surface area contributed by atoms with Gasteiger partial charge in [0.1, 0.15) is 11.6 Å². The van der Waals surface area contributed by atoms with Gasteiger partial charge in [-0.2, -0.15) is 5.26 Å². The van der Waals surface area contributed by atoms with E-state index in [2.05, 4.69) is 36.2 Å². The van der Waals surface area contributed by atoms with Crippen molar-refractivity contribution in [1.82, 2.24) is 0 Å². The number of nitrogens with one attached hydrogen (secondary N) is 1. The minimum Gasteiger partial charge on any atom is -0.347 e. The van der Waals surface area contributed by atoms with Crippen LogP contribution in [0.3, 0.4) is 0 Å². The molecule has 1 amide bonds. The monoisotopic (exact) mass is 357 g/mol. The Hall–Kier alpha value is -3.32. The van der Waals surface area contributed by atoms with Crippen LogP contribution < -0.4 is 10.2 Å². The lowest BCUT2D eigenvalue weighted by Crippen LogP contribution is -2.22. The Bertz CT molecular complexity index is 993. The minimum atomic E-state index is -0.403. The smallest absolute Gasteiger partial charge is 0.266 e. The number of para-hydroxylation sites is 2. The molecule has 1 aliphatic heterocycles. The molecule has 0 spiro atoms. The Kier molecular flexibility index (Phi) is 4.87. The first-order valence-corrected chi connectivity index (χ1v) is 8.89. The first-order chi connectivity index (χ1) is 12.9. The summed E-state index contributed by atoms with van der Waals surface area (Å²) in [5, 5.41) is 12.3. The van der Waals surface area contributed by atoms with Gasteiger partial charge in [-0.1, -0.05) is 50.2 Å². The second-order valence-electron chi connectivity index (χ2n) is 7.21. The van der Waals surface area contributed by atoms with Crippen LogP contribution in [0.4, 0.5) is 11.4 Å². The van der Waals surface area contributed by atoms with Gasteiger partial charge in [-0.05, 0) is 42.3 Å². The van der Waals surface area contributed by atoms with Gasteiger partial charge in [-0.15, -0.1) is 0 Å². The Morgan fingerprint density at radius 3 is 2.48 bits per heavy atom. The predicted molar refractivity (Wildman–Crippen MR) is 109 cm³/mol. The highest BCUT2D eigenvalue weighted by Gasteiger charge is 2.37. The maximum atomic E-state index is 12.5. The van der Waals surface area contributed by atoms with Gasteiger partial charge in [-0.25, -0.2) is 0 Å². The molecule has 0 atom stereocenters. The molecule has 3 rings (SSSR count). The highest BCUT2D eigenvalue weighted by atomic mass is 16.1. The zero-order valence-electron chi connectivity index (χ0n) is 16.1. The van der Waals surface area contributed by atoms with Crippen LogP contribution in [-0.4, -0.2) is 13.0 Å². The number of rotatable bonds is 3. The Morgan fingerprint density at radius 1 is 1.15 bits per heavy atom. The summed E-state index contributed by atoms with van der Waals surface area (Å²) in [6.45, 7) is 6.21. The molecule has 4 heteroatoms. The molecule has 1 aliphatic rings. The number of benzene rings is 2. The molecule has 1 heterocycles. The number of allylic oxidation sites excluding steroid dienone is 3. The van der Waals surface area contributed by atoms with E-state index in [0.29, 0.717) is 5.69 Å². The van der Waals surface area contributed by atoms with Gasteiger partial charge in [0.05, 0.1) is 0 Å². The number of hydrogen-bond acceptors (Lipinski definition) is 3. The molecule has 0 unspecified atom stereocenters. The van der Waals surface area contributed by atoms with Gasteiger partial charge in [0.15, 0.2) is 0 Å². The summed E-state index contributed by atoms with van der Waals surface area (Å²) in [6, 6.07) is 17.8. The molecular formula is C23H23N3O. The number of aryl methyl sites for hydroxylation is 1. The van der Waals surface area contributed by atoms with Gasteiger partial charge < -0.3 is 10.2 Å². The summed E-state index contributed by atoms with van der Waals surface area (Å²) in [6.07, 6.45) is 3.48. The third kappa shape index (κ3) is 3.37. The molecule has 0 bridgehead atoms. The van der Waals surface area contributed by atoms with Crippen LogP contribution in [0.15, 0.2) is 72.0 Å². The fourth-order valence-electron chi connectivity index (χ4n) is 3.53. The van der Waals surface area contributed by atoms with Crippen LogP contribution in [0.2, 0.25) is 0 Å². The molecule has 27 heavy (non-hydrogen) atoms. The number of amides is 1. The van der Waals surface area contributed by atoms with E-state index in [1.165, 1.54) is 5.56 Å². The summed E-state index contributed by atoms with van der Waals surface area (Å²) in [5.74, 6) is -0.403. The normalized spacial score (nSPS) is 16.8. The van der Waals surface area contributed by atoms with Crippen LogP contribution in [-0.2, 0) is 10.2 Å². The van der Waals surface area contributed by atoms with Crippen LogP contribution in [0.5, 0.6) is 0 Å². The molecular weight excluding hydrogens is 334 g/mol. The van der Waals surface area contributed by atoms with Crippen molar-refractivity contribution in [2.24, 2.45) is 0 Å². The second-order valence-corrected chi connectivity index (χ2v) is 7.21. The van der Waals surface area contributed by atoms with E-state index < -0.39 is 5.91 Å². The van der Waals surface area contributed by atoms with Crippen LogP contribution in [0, 0.1) is 18.3 Å². The fraction of sp³-hybridized carbons (Fsp3) is 0.217. The lowest BCUT2D eigenvalue weighted by Gasteiger charge is -2.23. The lowest BCUT2D eigenvalue weighted by atomic mass is 9.83. The number of likely N-dealkylation sites (N-methyl/N-ethyl adjacent to an activating group) is 1. The van der Waals surface area contributed by atoms with E-state index >= 15 is 0 Å². The van der Waals surface area contributed by atoms with Crippen molar-refractivity contribution >= 4 is 17.3 Å². The number of fused-ring (bicyclic) bond motifs is 1. The highest BCUT2D eigenvalue weighted by molar-refractivity contribution is 6.07. The second kappa shape index (κ2) is 7.13. The van der Waals surface area contributed by atoms with Crippen molar-refractivity contribution < 1.29 is 4.79 Å². The molecule has 0 fully saturated rings. The van der Waals surface area contributed by atoms with Crippen molar-refractivity contribution in [3.63, 3.8) is 0 Å². The summed E-state index contributed by atoms with van der Waals surface area (Å²) in [5.41, 5.74) is 4.95. The molecule has 0 saturated heterocycles. The van der Waals surface area contributed by atoms with Gasteiger partial charge >= 0.3 is 0 Å². The maximum Gasteiger partial charge on any atom is 0.266 e. The number of nitrogens with zero attached hydrogens (tertiary/aromatic N) is 2. The molecule has 0 aliphatic carbocycles. The topological polar surface area (TPSA) is 56.1 Å². The SMILES string of the molecule is Cc1ccccc1NC(=O)/C(C#N)=C/C=C1\N(C)c2ccccc2C1(C)C. The van der Waals surface area contributed by atoms with Gasteiger partial charge in [0, 0.05) is 29.5 Å². The van der Waals surface area contributed by atoms with Crippen molar-refractivity contribution in [3.8, 4) is 6.07 Å². The fourth-order valence-corrected chi connectivity index (χ4v) is 3.53. The Balaban J connectivity index is 1.90. The summed E-state index contributed by atoms with van der Waals surface area (Å²) in [4.78, 5) is 14.6. The zero-order chi connectivity index (χ0) is 19.6. The zero-order valence-corrected chi connectivity index (χ0v) is 16.1. The average Bonchev–Trinajstić information content (AvgIpc) is 2.85. The number of carbonyl (C=O) groups excluding carboxylic acids is 1. The number of nitriles is 1. The van der Waals surface area contributed by atoms with Crippen LogP contribution in [0.1, 0.15) is 25.0 Å². The van der Waals surface area contributed by atoms with E-state index in [0.717, 1.165) is 16.9 Å². The largest absolute Gasteiger partial charge is 0.347 e. The van der Waals surface area contributed by atoms with E-state index in [9.17, 15) is 10.1 Å². The molecule has 4 nitrogen and oxygen atoms in total. The van der Waals surface area contributed by atoms with E-state index in [1.54, 1.807) is 6.08 Å². The van der Waals surface area contributed by atoms with Crippen LogP contribution in [0.25, 0.3) is 0 Å². The number of hydrogen-bond donors (Lipinski definition) is 1. The molecule has 0 saturated carbocycles. The quantitative estimate of drug-likeness (QED) is 0.640. The van der Waals surface area contributed by atoms with Gasteiger partial charge in [-0.3, -0.25) is 4.79 Å². The summed E-state index contributed by atoms with van der Waals surface area (Å²) in [7, 11) is 2.01. The van der Waals surface area contributed by atoms with E-state index in [4.69, 9.17) is 0 Å². The highest BCUT2D eigenvalue weighted by Crippen LogP contribution is 2.46. The Morgan fingerprint density at radius 2 is 1.81 bits per heavy atom. The van der Waals surface area contributed by atoms with E-state index in [1.807, 2.05) is 62.5 Å². The molecule has 136 valence electrons. The lowest BCUT2D eigenvalue weighted by molar-refractivity contribution is -0.112. The number of carbonyl (C=O) groups is 1. The van der Waals surface area contributed by atoms with Gasteiger partial charge in [0.25, 0.3) is 5.91 Å². The first kappa shape index (κ1) is 18.5. The van der Waals surface area contributed by atoms with E-state index in [-0.39, 0.29) is 11.0 Å². The minimum absolute atomic E-state index is 0.0749. The molecule has 1 N–H and O–H groups in total. The van der Waals surface area contributed by atoms with Crippen molar-refractivity contribution in [2.45, 2.75) is 26.2 Å². The molecule has 2 aromatic rings. The molecule has 0 aromatic heterocycles. The van der Waals surface area contributed by atoms with Gasteiger partial charge in [0.2, 0.25) is 0 Å². The maximum absolute atomic E-state index is 12.5. The summed E-state index contributed by atoms with van der Waals surface area (Å²) >= 11 is 0. The van der Waals surface area contributed by atoms with Crippen molar-refractivity contribution in [2.75, 3.05) is 17.3 Å². The average molecular weight is 357 g/mol. The van der Waals surface area contributed by atoms with Crippen molar-refractivity contribution in [1.29, 1.82) is 5.26 Å². The Labute approximate surface area is 160 Å².